The van der Waals surface area contributed by atoms with E-state index in [1.165, 1.54) is 0 Å². The van der Waals surface area contributed by atoms with E-state index in [4.69, 9.17) is 19.5 Å². The lowest BCUT2D eigenvalue weighted by molar-refractivity contribution is 0.0748. The van der Waals surface area contributed by atoms with Crippen molar-refractivity contribution in [1.82, 2.24) is 14.9 Å². The molecular weight excluding hydrogens is 356 g/mol. The Morgan fingerprint density at radius 1 is 1.25 bits per heavy atom. The fraction of sp³-hybridized carbons (Fsp3) is 0.476. The summed E-state index contributed by atoms with van der Waals surface area (Å²) in [5.74, 6) is 1.94. The standard InChI is InChI=1S/C21H24N4O3/c1-14-11-16(12-22)13-23-20(14)28-17-5-7-25(8-6-17)15(2)18-3-4-19-21(24-18)27-10-9-26-19/h3-4,11,13,15,17H,5-10H2,1-2H3. The molecule has 1 unspecified atom stereocenters. The summed E-state index contributed by atoms with van der Waals surface area (Å²) in [4.78, 5) is 11.4. The van der Waals surface area contributed by atoms with Gasteiger partial charge in [0.2, 0.25) is 5.88 Å². The summed E-state index contributed by atoms with van der Waals surface area (Å²) < 4.78 is 17.3. The highest BCUT2D eigenvalue weighted by atomic mass is 16.6. The fourth-order valence-electron chi connectivity index (χ4n) is 3.65. The van der Waals surface area contributed by atoms with Crippen molar-refractivity contribution in [1.29, 1.82) is 5.26 Å². The zero-order chi connectivity index (χ0) is 19.5. The van der Waals surface area contributed by atoms with Crippen molar-refractivity contribution in [2.75, 3.05) is 26.3 Å². The van der Waals surface area contributed by atoms with Crippen LogP contribution in [0.2, 0.25) is 0 Å². The van der Waals surface area contributed by atoms with Gasteiger partial charge in [-0.15, -0.1) is 0 Å². The van der Waals surface area contributed by atoms with E-state index in [1.807, 2.05) is 25.1 Å². The molecule has 2 aliphatic heterocycles. The molecule has 1 saturated heterocycles. The van der Waals surface area contributed by atoms with Gasteiger partial charge in [-0.1, -0.05) is 0 Å². The molecule has 0 bridgehead atoms. The summed E-state index contributed by atoms with van der Waals surface area (Å²) in [5.41, 5.74) is 2.45. The van der Waals surface area contributed by atoms with Crippen molar-refractivity contribution in [2.45, 2.75) is 38.8 Å². The first-order chi connectivity index (χ1) is 13.6. The Morgan fingerprint density at radius 2 is 2.04 bits per heavy atom. The molecule has 0 aromatic carbocycles. The Hall–Kier alpha value is -2.85. The summed E-state index contributed by atoms with van der Waals surface area (Å²) in [6.45, 7) is 7.07. The minimum Gasteiger partial charge on any atom is -0.484 e. The smallest absolute Gasteiger partial charge is 0.257 e. The first-order valence-electron chi connectivity index (χ1n) is 9.68. The van der Waals surface area contributed by atoms with E-state index in [0.29, 0.717) is 30.5 Å². The quantitative estimate of drug-likeness (QED) is 0.806. The molecule has 28 heavy (non-hydrogen) atoms. The SMILES string of the molecule is Cc1cc(C#N)cnc1OC1CCN(C(C)c2ccc3c(n2)OCCO3)CC1. The summed E-state index contributed by atoms with van der Waals surface area (Å²) in [7, 11) is 0. The molecule has 1 atom stereocenters. The van der Waals surface area contributed by atoms with Crippen LogP contribution in [-0.4, -0.2) is 47.3 Å². The second-order valence-corrected chi connectivity index (χ2v) is 7.22. The second kappa shape index (κ2) is 8.03. The van der Waals surface area contributed by atoms with Gasteiger partial charge in [-0.05, 0) is 44.9 Å². The van der Waals surface area contributed by atoms with E-state index in [2.05, 4.69) is 27.9 Å². The Labute approximate surface area is 164 Å². The number of aromatic nitrogens is 2. The number of ether oxygens (including phenoxy) is 3. The topological polar surface area (TPSA) is 80.5 Å². The number of aryl methyl sites for hydroxylation is 1. The molecule has 0 aliphatic carbocycles. The summed E-state index contributed by atoms with van der Waals surface area (Å²) >= 11 is 0. The fourth-order valence-corrected chi connectivity index (χ4v) is 3.65. The van der Waals surface area contributed by atoms with Crippen molar-refractivity contribution in [3.63, 3.8) is 0 Å². The molecule has 0 saturated carbocycles. The Kier molecular flexibility index (Phi) is 5.31. The molecule has 4 rings (SSSR count). The molecule has 2 aromatic rings. The van der Waals surface area contributed by atoms with Crippen molar-refractivity contribution < 1.29 is 14.2 Å². The van der Waals surface area contributed by atoms with E-state index in [0.717, 1.165) is 42.9 Å². The van der Waals surface area contributed by atoms with E-state index in [-0.39, 0.29) is 12.1 Å². The number of hydrogen-bond donors (Lipinski definition) is 0. The number of likely N-dealkylation sites (tertiary alicyclic amines) is 1. The Bertz CT molecular complexity index is 888. The first kappa shape index (κ1) is 18.5. The third kappa shape index (κ3) is 3.87. The lowest BCUT2D eigenvalue weighted by atomic mass is 10.0. The molecular formula is C21H24N4O3. The molecule has 4 heterocycles. The first-order valence-corrected chi connectivity index (χ1v) is 9.68. The predicted octanol–water partition coefficient (Wildman–Crippen LogP) is 3.03. The highest BCUT2D eigenvalue weighted by Crippen LogP contribution is 2.32. The molecule has 2 aliphatic rings. The largest absolute Gasteiger partial charge is 0.484 e. The molecule has 0 radical (unpaired) electrons. The predicted molar refractivity (Wildman–Crippen MR) is 103 cm³/mol. The summed E-state index contributed by atoms with van der Waals surface area (Å²) in [6.07, 6.45) is 3.55. The maximum atomic E-state index is 8.96. The number of rotatable bonds is 4. The number of fused-ring (bicyclic) bond motifs is 1. The van der Waals surface area contributed by atoms with Crippen molar-refractivity contribution in [2.24, 2.45) is 0 Å². The van der Waals surface area contributed by atoms with Crippen LogP contribution in [0, 0.1) is 18.3 Å². The van der Waals surface area contributed by atoms with Gasteiger partial charge in [0.05, 0.1) is 11.3 Å². The zero-order valence-electron chi connectivity index (χ0n) is 16.2. The van der Waals surface area contributed by atoms with Gasteiger partial charge in [0.25, 0.3) is 5.88 Å². The van der Waals surface area contributed by atoms with Crippen LogP contribution in [0.4, 0.5) is 0 Å². The van der Waals surface area contributed by atoms with Crippen LogP contribution < -0.4 is 14.2 Å². The van der Waals surface area contributed by atoms with E-state index in [9.17, 15) is 0 Å². The van der Waals surface area contributed by atoms with Crippen LogP contribution in [0.3, 0.4) is 0 Å². The van der Waals surface area contributed by atoms with Gasteiger partial charge in [0.1, 0.15) is 25.4 Å². The highest BCUT2D eigenvalue weighted by Gasteiger charge is 2.27. The van der Waals surface area contributed by atoms with Crippen LogP contribution in [0.25, 0.3) is 0 Å². The van der Waals surface area contributed by atoms with E-state index in [1.54, 1.807) is 6.20 Å². The van der Waals surface area contributed by atoms with E-state index < -0.39 is 0 Å². The summed E-state index contributed by atoms with van der Waals surface area (Å²) in [5, 5.41) is 8.96. The molecule has 1 fully saturated rings. The third-order valence-electron chi connectivity index (χ3n) is 5.32. The van der Waals surface area contributed by atoms with Gasteiger partial charge in [-0.2, -0.15) is 5.26 Å². The second-order valence-electron chi connectivity index (χ2n) is 7.22. The lowest BCUT2D eigenvalue weighted by Crippen LogP contribution is -2.40. The van der Waals surface area contributed by atoms with Crippen LogP contribution in [0.5, 0.6) is 17.5 Å². The van der Waals surface area contributed by atoms with Gasteiger partial charge in [0.15, 0.2) is 5.75 Å². The molecule has 0 spiro atoms. The average Bonchev–Trinajstić information content (AvgIpc) is 2.75. The van der Waals surface area contributed by atoms with Crippen molar-refractivity contribution in [3.05, 3.63) is 41.2 Å². The monoisotopic (exact) mass is 380 g/mol. The highest BCUT2D eigenvalue weighted by molar-refractivity contribution is 5.37. The number of hydrogen-bond acceptors (Lipinski definition) is 7. The number of nitriles is 1. The zero-order valence-corrected chi connectivity index (χ0v) is 16.2. The Morgan fingerprint density at radius 3 is 2.79 bits per heavy atom. The van der Waals surface area contributed by atoms with Crippen molar-refractivity contribution >= 4 is 0 Å². The molecule has 0 N–H and O–H groups in total. The van der Waals surface area contributed by atoms with Crippen LogP contribution in [-0.2, 0) is 0 Å². The normalized spacial score (nSPS) is 18.3. The van der Waals surface area contributed by atoms with Crippen LogP contribution in [0.1, 0.15) is 42.6 Å². The molecule has 2 aromatic heterocycles. The maximum absolute atomic E-state index is 8.96. The van der Waals surface area contributed by atoms with E-state index >= 15 is 0 Å². The number of nitrogens with zero attached hydrogens (tertiary/aromatic N) is 4. The molecule has 7 nitrogen and oxygen atoms in total. The minimum absolute atomic E-state index is 0.135. The minimum atomic E-state index is 0.135. The average molecular weight is 380 g/mol. The van der Waals surface area contributed by atoms with Gasteiger partial charge in [0, 0.05) is 30.9 Å². The molecule has 7 heteroatoms. The molecule has 0 amide bonds. The van der Waals surface area contributed by atoms with Gasteiger partial charge in [-0.3, -0.25) is 4.90 Å². The number of pyridine rings is 2. The van der Waals surface area contributed by atoms with Gasteiger partial charge in [-0.25, -0.2) is 9.97 Å². The maximum Gasteiger partial charge on any atom is 0.257 e. The summed E-state index contributed by atoms with van der Waals surface area (Å²) in [6, 6.07) is 8.08. The Balaban J connectivity index is 1.35. The third-order valence-corrected chi connectivity index (χ3v) is 5.32. The van der Waals surface area contributed by atoms with Gasteiger partial charge < -0.3 is 14.2 Å². The lowest BCUT2D eigenvalue weighted by Gasteiger charge is -2.36. The van der Waals surface area contributed by atoms with Crippen molar-refractivity contribution in [3.8, 4) is 23.6 Å². The van der Waals surface area contributed by atoms with Crippen LogP contribution >= 0.6 is 0 Å². The molecule has 146 valence electrons. The van der Waals surface area contributed by atoms with Crippen LogP contribution in [0.15, 0.2) is 24.4 Å². The van der Waals surface area contributed by atoms with Gasteiger partial charge >= 0.3 is 0 Å². The number of piperidine rings is 1.